The first kappa shape index (κ1) is 20.3. The maximum atomic E-state index is 12.8. The van der Waals surface area contributed by atoms with Crippen LogP contribution in [0.4, 0.5) is 5.69 Å². The number of piperidine rings is 1. The Labute approximate surface area is 160 Å². The zero-order chi connectivity index (χ0) is 17.8. The van der Waals surface area contributed by atoms with Crippen molar-refractivity contribution in [1.82, 2.24) is 14.7 Å². The Hall–Kier alpha value is -2.05. The SMILES string of the molecule is Cc1c(NC(=O)CCC2CCNCC2)c(=O)n(-c2ccccc2)n1C.Cl. The lowest BCUT2D eigenvalue weighted by atomic mass is 9.93. The van der Waals surface area contributed by atoms with Crippen LogP contribution in [0, 0.1) is 12.8 Å². The second-order valence-electron chi connectivity index (χ2n) is 6.72. The number of nitrogens with one attached hydrogen (secondary N) is 2. The molecule has 3 rings (SSSR count). The molecule has 142 valence electrons. The van der Waals surface area contributed by atoms with Gasteiger partial charge in [0.2, 0.25) is 5.91 Å². The van der Waals surface area contributed by atoms with Crippen LogP contribution in [-0.4, -0.2) is 28.4 Å². The van der Waals surface area contributed by atoms with Crippen molar-refractivity contribution in [3.8, 4) is 5.69 Å². The van der Waals surface area contributed by atoms with Gasteiger partial charge in [0.05, 0.1) is 11.4 Å². The summed E-state index contributed by atoms with van der Waals surface area (Å²) in [5.41, 5.74) is 1.72. The average molecular weight is 379 g/mol. The lowest BCUT2D eigenvalue weighted by Crippen LogP contribution is -2.28. The van der Waals surface area contributed by atoms with Gasteiger partial charge in [-0.15, -0.1) is 12.4 Å². The Morgan fingerprint density at radius 2 is 1.88 bits per heavy atom. The van der Waals surface area contributed by atoms with Crippen LogP contribution in [-0.2, 0) is 11.8 Å². The number of para-hydroxylation sites is 1. The molecule has 2 heterocycles. The molecule has 1 amide bonds. The van der Waals surface area contributed by atoms with Crippen LogP contribution in [0.15, 0.2) is 35.1 Å². The van der Waals surface area contributed by atoms with Crippen LogP contribution >= 0.6 is 12.4 Å². The molecule has 26 heavy (non-hydrogen) atoms. The minimum atomic E-state index is -0.193. The summed E-state index contributed by atoms with van der Waals surface area (Å²) in [6, 6.07) is 9.45. The van der Waals surface area contributed by atoms with E-state index in [0.717, 1.165) is 43.7 Å². The molecule has 0 unspecified atom stereocenters. The molecule has 1 aliphatic heterocycles. The monoisotopic (exact) mass is 378 g/mol. The molecule has 0 bridgehead atoms. The van der Waals surface area contributed by atoms with E-state index in [1.54, 1.807) is 9.36 Å². The summed E-state index contributed by atoms with van der Waals surface area (Å²) in [5, 5.41) is 6.17. The van der Waals surface area contributed by atoms with E-state index in [2.05, 4.69) is 10.6 Å². The number of rotatable bonds is 5. The highest BCUT2D eigenvalue weighted by atomic mass is 35.5. The minimum Gasteiger partial charge on any atom is -0.320 e. The van der Waals surface area contributed by atoms with E-state index in [4.69, 9.17) is 0 Å². The Morgan fingerprint density at radius 1 is 1.23 bits per heavy atom. The third-order valence-corrected chi connectivity index (χ3v) is 5.06. The van der Waals surface area contributed by atoms with Crippen LogP contribution in [0.25, 0.3) is 5.69 Å². The normalized spacial score (nSPS) is 14.7. The molecule has 2 N–H and O–H groups in total. The van der Waals surface area contributed by atoms with Gasteiger partial charge in [-0.3, -0.25) is 14.3 Å². The van der Waals surface area contributed by atoms with Gasteiger partial charge in [0.1, 0.15) is 5.69 Å². The summed E-state index contributed by atoms with van der Waals surface area (Å²) < 4.78 is 3.36. The number of benzene rings is 1. The van der Waals surface area contributed by atoms with Crippen LogP contribution < -0.4 is 16.2 Å². The number of carbonyl (C=O) groups excluding carboxylic acids is 1. The van der Waals surface area contributed by atoms with E-state index in [0.29, 0.717) is 18.0 Å². The van der Waals surface area contributed by atoms with Crippen LogP contribution in [0.3, 0.4) is 0 Å². The molecular formula is C19H27ClN4O2. The van der Waals surface area contributed by atoms with E-state index in [1.165, 1.54) is 0 Å². The van der Waals surface area contributed by atoms with Crippen molar-refractivity contribution >= 4 is 24.0 Å². The molecule has 0 radical (unpaired) electrons. The molecule has 0 atom stereocenters. The molecule has 6 nitrogen and oxygen atoms in total. The van der Waals surface area contributed by atoms with Crippen molar-refractivity contribution in [2.45, 2.75) is 32.6 Å². The highest BCUT2D eigenvalue weighted by Crippen LogP contribution is 2.19. The Balaban J connectivity index is 0.00000243. The first-order valence-corrected chi connectivity index (χ1v) is 8.92. The number of hydrogen-bond donors (Lipinski definition) is 2. The van der Waals surface area contributed by atoms with Crippen LogP contribution in [0.5, 0.6) is 0 Å². The van der Waals surface area contributed by atoms with Crippen molar-refractivity contribution in [2.24, 2.45) is 13.0 Å². The molecule has 2 aromatic rings. The van der Waals surface area contributed by atoms with Gasteiger partial charge in [-0.05, 0) is 57.3 Å². The van der Waals surface area contributed by atoms with Gasteiger partial charge < -0.3 is 10.6 Å². The summed E-state index contributed by atoms with van der Waals surface area (Å²) in [4.78, 5) is 25.1. The van der Waals surface area contributed by atoms with E-state index in [-0.39, 0.29) is 23.9 Å². The van der Waals surface area contributed by atoms with E-state index >= 15 is 0 Å². The summed E-state index contributed by atoms with van der Waals surface area (Å²) in [6.07, 6.45) is 3.59. The molecule has 0 aliphatic carbocycles. The highest BCUT2D eigenvalue weighted by Gasteiger charge is 2.19. The Bertz CT molecular complexity index is 792. The van der Waals surface area contributed by atoms with Gasteiger partial charge in [0, 0.05) is 13.5 Å². The van der Waals surface area contributed by atoms with Crippen molar-refractivity contribution < 1.29 is 4.79 Å². The van der Waals surface area contributed by atoms with Crippen molar-refractivity contribution in [1.29, 1.82) is 0 Å². The third-order valence-electron chi connectivity index (χ3n) is 5.06. The summed E-state index contributed by atoms with van der Waals surface area (Å²) in [6.45, 7) is 3.92. The van der Waals surface area contributed by atoms with Gasteiger partial charge in [0.15, 0.2) is 0 Å². The fourth-order valence-corrected chi connectivity index (χ4v) is 3.42. The Kier molecular flexibility index (Phi) is 7.06. The molecule has 1 fully saturated rings. The second-order valence-corrected chi connectivity index (χ2v) is 6.72. The first-order valence-electron chi connectivity index (χ1n) is 8.92. The molecular weight excluding hydrogens is 352 g/mol. The summed E-state index contributed by atoms with van der Waals surface area (Å²) in [7, 11) is 1.83. The lowest BCUT2D eigenvalue weighted by Gasteiger charge is -2.22. The first-order chi connectivity index (χ1) is 12.1. The fraction of sp³-hybridized carbons (Fsp3) is 0.474. The number of hydrogen-bond acceptors (Lipinski definition) is 3. The van der Waals surface area contributed by atoms with Crippen LogP contribution in [0.2, 0.25) is 0 Å². The summed E-state index contributed by atoms with van der Waals surface area (Å²) in [5.74, 6) is 0.523. The average Bonchev–Trinajstić information content (AvgIpc) is 2.85. The highest BCUT2D eigenvalue weighted by molar-refractivity contribution is 5.91. The molecule has 7 heteroatoms. The quantitative estimate of drug-likeness (QED) is 0.840. The van der Waals surface area contributed by atoms with Gasteiger partial charge in [-0.25, -0.2) is 4.68 Å². The van der Waals surface area contributed by atoms with Crippen molar-refractivity contribution in [2.75, 3.05) is 18.4 Å². The van der Waals surface area contributed by atoms with Gasteiger partial charge in [-0.1, -0.05) is 18.2 Å². The number of aromatic nitrogens is 2. The lowest BCUT2D eigenvalue weighted by molar-refractivity contribution is -0.116. The topological polar surface area (TPSA) is 68.1 Å². The maximum Gasteiger partial charge on any atom is 0.295 e. The van der Waals surface area contributed by atoms with Gasteiger partial charge in [0.25, 0.3) is 5.56 Å². The maximum absolute atomic E-state index is 12.8. The zero-order valence-electron chi connectivity index (χ0n) is 15.3. The number of carbonyl (C=O) groups is 1. The fourth-order valence-electron chi connectivity index (χ4n) is 3.42. The second kappa shape index (κ2) is 9.05. The van der Waals surface area contributed by atoms with Crippen LogP contribution in [0.1, 0.15) is 31.4 Å². The number of anilines is 1. The Morgan fingerprint density at radius 3 is 2.54 bits per heavy atom. The van der Waals surface area contributed by atoms with Crippen molar-refractivity contribution in [3.05, 3.63) is 46.4 Å². The minimum absolute atomic E-state index is 0. The van der Waals surface area contributed by atoms with Gasteiger partial charge >= 0.3 is 0 Å². The zero-order valence-corrected chi connectivity index (χ0v) is 16.1. The van der Waals surface area contributed by atoms with Gasteiger partial charge in [-0.2, -0.15) is 0 Å². The number of halogens is 1. The molecule has 1 aromatic heterocycles. The van der Waals surface area contributed by atoms with E-state index < -0.39 is 0 Å². The molecule has 1 aliphatic rings. The predicted molar refractivity (Wildman–Crippen MR) is 106 cm³/mol. The smallest absolute Gasteiger partial charge is 0.295 e. The number of amides is 1. The van der Waals surface area contributed by atoms with E-state index in [9.17, 15) is 9.59 Å². The summed E-state index contributed by atoms with van der Waals surface area (Å²) >= 11 is 0. The number of nitrogens with zero attached hydrogens (tertiary/aromatic N) is 2. The van der Waals surface area contributed by atoms with Crippen molar-refractivity contribution in [3.63, 3.8) is 0 Å². The molecule has 0 spiro atoms. The molecule has 1 saturated heterocycles. The standard InChI is InChI=1S/C19H26N4O2.ClH/c1-14-18(21-17(24)9-8-15-10-12-20-13-11-15)19(25)23(22(14)2)16-6-4-3-5-7-16;/h3-7,15,20H,8-13H2,1-2H3,(H,21,24);1H. The predicted octanol–water partition coefficient (Wildman–Crippen LogP) is 2.62. The molecule has 0 saturated carbocycles. The molecule has 1 aromatic carbocycles. The van der Waals surface area contributed by atoms with E-state index in [1.807, 2.05) is 44.3 Å². The third kappa shape index (κ3) is 4.37. The largest absolute Gasteiger partial charge is 0.320 e.